The van der Waals surface area contributed by atoms with Gasteiger partial charge in [0.1, 0.15) is 0 Å². The molecule has 0 radical (unpaired) electrons. The molecule has 0 saturated carbocycles. The maximum absolute atomic E-state index is 10.3. The number of hydrogen-bond donors (Lipinski definition) is 2. The van der Waals surface area contributed by atoms with E-state index in [1.165, 1.54) is 0 Å². The highest BCUT2D eigenvalue weighted by Crippen LogP contribution is 2.03. The van der Waals surface area contributed by atoms with Gasteiger partial charge >= 0.3 is 5.97 Å². The Morgan fingerprint density at radius 2 is 2.00 bits per heavy atom. The molecule has 0 aliphatic heterocycles. The van der Waals surface area contributed by atoms with Gasteiger partial charge in [0.25, 0.3) is 0 Å². The van der Waals surface area contributed by atoms with Gasteiger partial charge in [-0.25, -0.2) is 4.79 Å². The second-order valence-electron chi connectivity index (χ2n) is 2.77. The van der Waals surface area contributed by atoms with Crippen LogP contribution in [0.3, 0.4) is 0 Å². The van der Waals surface area contributed by atoms with Crippen molar-refractivity contribution in [3.05, 3.63) is 11.6 Å². The summed E-state index contributed by atoms with van der Waals surface area (Å²) in [6.07, 6.45) is 5.23. The predicted molar refractivity (Wildman–Crippen MR) is 46.9 cm³/mol. The van der Waals surface area contributed by atoms with Crippen molar-refractivity contribution < 1.29 is 15.0 Å². The van der Waals surface area contributed by atoms with Crippen LogP contribution in [0.2, 0.25) is 0 Å². The van der Waals surface area contributed by atoms with Crippen molar-refractivity contribution in [3.8, 4) is 0 Å². The fourth-order valence-corrected chi connectivity index (χ4v) is 0.839. The molecule has 0 aromatic heterocycles. The zero-order valence-corrected chi connectivity index (χ0v) is 7.42. The first-order chi connectivity index (χ1) is 5.68. The Kier molecular flexibility index (Phi) is 6.38. The number of aliphatic carboxylic acids is 1. The number of rotatable bonds is 6. The molecule has 70 valence electrons. The molecular formula is C9H16O3. The Labute approximate surface area is 72.7 Å². The molecule has 0 saturated heterocycles. The zero-order valence-electron chi connectivity index (χ0n) is 7.42. The topological polar surface area (TPSA) is 57.5 Å². The Hall–Kier alpha value is -0.830. The lowest BCUT2D eigenvalue weighted by Gasteiger charge is -1.95. The lowest BCUT2D eigenvalue weighted by molar-refractivity contribution is -0.132. The van der Waals surface area contributed by atoms with Gasteiger partial charge in [-0.2, -0.15) is 0 Å². The highest BCUT2D eigenvalue weighted by molar-refractivity contribution is 5.85. The normalized spacial score (nSPS) is 11.7. The average Bonchev–Trinajstić information content (AvgIpc) is 2.03. The van der Waals surface area contributed by atoms with E-state index in [9.17, 15) is 4.79 Å². The molecule has 0 fully saturated rings. The monoisotopic (exact) mass is 172 g/mol. The van der Waals surface area contributed by atoms with Gasteiger partial charge in [-0.05, 0) is 26.2 Å². The minimum atomic E-state index is -0.850. The van der Waals surface area contributed by atoms with Gasteiger partial charge < -0.3 is 10.2 Å². The van der Waals surface area contributed by atoms with Crippen LogP contribution in [0.5, 0.6) is 0 Å². The molecular weight excluding hydrogens is 156 g/mol. The molecule has 12 heavy (non-hydrogen) atoms. The Bertz CT molecular complexity index is 161. The second kappa shape index (κ2) is 6.85. The van der Waals surface area contributed by atoms with Crippen LogP contribution in [0.15, 0.2) is 11.6 Å². The number of hydrogen-bond acceptors (Lipinski definition) is 2. The fourth-order valence-electron chi connectivity index (χ4n) is 0.839. The van der Waals surface area contributed by atoms with Crippen molar-refractivity contribution in [1.29, 1.82) is 0 Å². The number of carboxylic acids is 1. The summed E-state index contributed by atoms with van der Waals surface area (Å²) in [6.45, 7) is 1.82. The highest BCUT2D eigenvalue weighted by atomic mass is 16.4. The first-order valence-electron chi connectivity index (χ1n) is 4.19. The third kappa shape index (κ3) is 5.92. The average molecular weight is 172 g/mol. The van der Waals surface area contributed by atoms with E-state index in [0.717, 1.165) is 25.7 Å². The largest absolute Gasteiger partial charge is 0.478 e. The van der Waals surface area contributed by atoms with Gasteiger partial charge in [0.15, 0.2) is 0 Å². The molecule has 0 spiro atoms. The third-order valence-corrected chi connectivity index (χ3v) is 1.65. The molecule has 0 aliphatic carbocycles. The molecule has 3 heteroatoms. The van der Waals surface area contributed by atoms with Crippen LogP contribution < -0.4 is 0 Å². The van der Waals surface area contributed by atoms with Crippen molar-refractivity contribution in [2.75, 3.05) is 6.61 Å². The maximum Gasteiger partial charge on any atom is 0.330 e. The number of aliphatic hydroxyl groups is 1. The van der Waals surface area contributed by atoms with Crippen molar-refractivity contribution >= 4 is 5.97 Å². The van der Waals surface area contributed by atoms with E-state index in [-0.39, 0.29) is 6.61 Å². The SMILES string of the molecule is CC(=CCCCCCO)C(=O)O. The molecule has 0 amide bonds. The lowest BCUT2D eigenvalue weighted by atomic mass is 10.1. The number of carboxylic acid groups (broad SMARTS) is 1. The Balaban J connectivity index is 3.40. The van der Waals surface area contributed by atoms with E-state index in [4.69, 9.17) is 10.2 Å². The summed E-state index contributed by atoms with van der Waals surface area (Å²) in [5.41, 5.74) is 0.402. The van der Waals surface area contributed by atoms with Gasteiger partial charge in [-0.15, -0.1) is 0 Å². The zero-order chi connectivity index (χ0) is 9.40. The first kappa shape index (κ1) is 11.2. The van der Waals surface area contributed by atoms with Crippen molar-refractivity contribution in [2.24, 2.45) is 0 Å². The van der Waals surface area contributed by atoms with Gasteiger partial charge in [0, 0.05) is 12.2 Å². The summed E-state index contributed by atoms with van der Waals surface area (Å²) in [5.74, 6) is -0.850. The summed E-state index contributed by atoms with van der Waals surface area (Å²) < 4.78 is 0. The molecule has 0 aromatic carbocycles. The molecule has 0 unspecified atom stereocenters. The summed E-state index contributed by atoms with van der Waals surface area (Å²) in [7, 11) is 0. The summed E-state index contributed by atoms with van der Waals surface area (Å²) >= 11 is 0. The molecule has 0 aliphatic rings. The molecule has 0 aromatic rings. The standard InChI is InChI=1S/C9H16O3/c1-8(9(11)12)6-4-2-3-5-7-10/h6,10H,2-5,7H2,1H3,(H,11,12). The van der Waals surface area contributed by atoms with Crippen LogP contribution in [-0.4, -0.2) is 22.8 Å². The Morgan fingerprint density at radius 1 is 1.33 bits per heavy atom. The highest BCUT2D eigenvalue weighted by Gasteiger charge is 1.97. The quantitative estimate of drug-likeness (QED) is 0.472. The minimum absolute atomic E-state index is 0.224. The maximum atomic E-state index is 10.3. The van der Waals surface area contributed by atoms with Crippen LogP contribution in [0.25, 0.3) is 0 Å². The second-order valence-corrected chi connectivity index (χ2v) is 2.77. The molecule has 0 heterocycles. The first-order valence-corrected chi connectivity index (χ1v) is 4.19. The van der Waals surface area contributed by atoms with Gasteiger partial charge in [-0.3, -0.25) is 0 Å². The van der Waals surface area contributed by atoms with Gasteiger partial charge in [0.2, 0.25) is 0 Å². The number of carbonyl (C=O) groups is 1. The van der Waals surface area contributed by atoms with Gasteiger partial charge in [-0.1, -0.05) is 12.5 Å². The molecule has 0 bridgehead atoms. The van der Waals surface area contributed by atoms with Crippen LogP contribution >= 0.6 is 0 Å². The molecule has 2 N–H and O–H groups in total. The lowest BCUT2D eigenvalue weighted by Crippen LogP contribution is -1.95. The van der Waals surface area contributed by atoms with E-state index >= 15 is 0 Å². The van der Waals surface area contributed by atoms with Crippen LogP contribution in [0.1, 0.15) is 32.6 Å². The summed E-state index contributed by atoms with van der Waals surface area (Å²) in [6, 6.07) is 0. The Morgan fingerprint density at radius 3 is 2.50 bits per heavy atom. The van der Waals surface area contributed by atoms with Crippen molar-refractivity contribution in [3.63, 3.8) is 0 Å². The molecule has 0 atom stereocenters. The number of unbranched alkanes of at least 4 members (excludes halogenated alkanes) is 3. The van der Waals surface area contributed by atoms with Crippen LogP contribution in [0.4, 0.5) is 0 Å². The van der Waals surface area contributed by atoms with Crippen molar-refractivity contribution in [2.45, 2.75) is 32.6 Å². The number of aliphatic hydroxyl groups excluding tert-OH is 1. The minimum Gasteiger partial charge on any atom is -0.478 e. The van der Waals surface area contributed by atoms with Crippen LogP contribution in [0, 0.1) is 0 Å². The van der Waals surface area contributed by atoms with Crippen LogP contribution in [-0.2, 0) is 4.79 Å². The van der Waals surface area contributed by atoms with E-state index < -0.39 is 5.97 Å². The predicted octanol–water partition coefficient (Wildman–Crippen LogP) is 1.57. The van der Waals surface area contributed by atoms with E-state index in [1.54, 1.807) is 13.0 Å². The summed E-state index contributed by atoms with van der Waals surface area (Å²) in [4.78, 5) is 10.3. The van der Waals surface area contributed by atoms with Gasteiger partial charge in [0.05, 0.1) is 0 Å². The molecule has 3 nitrogen and oxygen atoms in total. The fraction of sp³-hybridized carbons (Fsp3) is 0.667. The van der Waals surface area contributed by atoms with Crippen molar-refractivity contribution in [1.82, 2.24) is 0 Å². The van der Waals surface area contributed by atoms with E-state index in [2.05, 4.69) is 0 Å². The molecule has 0 rings (SSSR count). The van der Waals surface area contributed by atoms with E-state index in [0.29, 0.717) is 5.57 Å². The van der Waals surface area contributed by atoms with E-state index in [1.807, 2.05) is 0 Å². The summed E-state index contributed by atoms with van der Waals surface area (Å²) in [5, 5.41) is 16.9. The number of allylic oxidation sites excluding steroid dienone is 1. The third-order valence-electron chi connectivity index (χ3n) is 1.65. The smallest absolute Gasteiger partial charge is 0.330 e.